The van der Waals surface area contributed by atoms with Gasteiger partial charge in [0.15, 0.2) is 11.5 Å². The molecule has 0 saturated carbocycles. The highest BCUT2D eigenvalue weighted by molar-refractivity contribution is 6.67. The Hall–Kier alpha value is -2.07. The maximum Gasteiger partial charge on any atom is 0.252 e. The van der Waals surface area contributed by atoms with E-state index in [2.05, 4.69) is 0 Å². The lowest BCUT2D eigenvalue weighted by atomic mass is 10.2. The van der Waals surface area contributed by atoms with Crippen LogP contribution in [0.25, 0.3) is 0 Å². The van der Waals surface area contributed by atoms with E-state index in [1.807, 2.05) is 6.92 Å². The van der Waals surface area contributed by atoms with Crippen LogP contribution in [0.3, 0.4) is 0 Å². The van der Waals surface area contributed by atoms with Crippen molar-refractivity contribution in [3.05, 3.63) is 59.4 Å². The Labute approximate surface area is 127 Å². The van der Waals surface area contributed by atoms with Crippen LogP contribution in [0.5, 0.6) is 11.5 Å². The second-order valence-corrected chi connectivity index (χ2v) is 4.59. The number of hydrogen-bond acceptors (Lipinski definition) is 3. The zero-order valence-electron chi connectivity index (χ0n) is 11.4. The van der Waals surface area contributed by atoms with Gasteiger partial charge in [-0.05, 0) is 42.8 Å². The number of benzene rings is 2. The quantitative estimate of drug-likeness (QED) is 0.751. The van der Waals surface area contributed by atoms with E-state index in [1.165, 1.54) is 18.2 Å². The second-order valence-electron chi connectivity index (χ2n) is 4.25. The van der Waals surface area contributed by atoms with Crippen LogP contribution in [-0.4, -0.2) is 11.8 Å². The summed E-state index contributed by atoms with van der Waals surface area (Å²) in [6.45, 7) is 2.30. The summed E-state index contributed by atoms with van der Waals surface area (Å²) in [7, 11) is 0. The van der Waals surface area contributed by atoms with E-state index >= 15 is 0 Å². The van der Waals surface area contributed by atoms with Gasteiger partial charge < -0.3 is 9.47 Å². The van der Waals surface area contributed by atoms with Gasteiger partial charge in [-0.1, -0.05) is 18.2 Å². The Kier molecular flexibility index (Phi) is 5.17. The maximum absolute atomic E-state index is 13.5. The van der Waals surface area contributed by atoms with Crippen LogP contribution in [0.4, 0.5) is 4.39 Å². The summed E-state index contributed by atoms with van der Waals surface area (Å²) in [6.07, 6.45) is 0. The fourth-order valence-corrected chi connectivity index (χ4v) is 1.91. The van der Waals surface area contributed by atoms with Crippen molar-refractivity contribution in [1.29, 1.82) is 0 Å². The van der Waals surface area contributed by atoms with E-state index in [0.29, 0.717) is 29.2 Å². The lowest BCUT2D eigenvalue weighted by molar-refractivity contribution is 0.108. The number of rotatable bonds is 6. The van der Waals surface area contributed by atoms with Gasteiger partial charge in [-0.15, -0.1) is 0 Å². The van der Waals surface area contributed by atoms with Crippen molar-refractivity contribution < 1.29 is 18.7 Å². The van der Waals surface area contributed by atoms with Crippen LogP contribution in [-0.2, 0) is 6.61 Å². The van der Waals surface area contributed by atoms with E-state index < -0.39 is 5.24 Å². The molecule has 0 bridgehead atoms. The molecule has 5 heteroatoms. The monoisotopic (exact) mass is 308 g/mol. The first-order chi connectivity index (χ1) is 10.1. The minimum Gasteiger partial charge on any atom is -0.490 e. The molecule has 3 nitrogen and oxygen atoms in total. The number of carbonyl (C=O) groups is 1. The summed E-state index contributed by atoms with van der Waals surface area (Å²) in [4.78, 5) is 11.2. The molecule has 0 amide bonds. The van der Waals surface area contributed by atoms with Crippen LogP contribution in [0.1, 0.15) is 22.8 Å². The minimum atomic E-state index is -0.573. The van der Waals surface area contributed by atoms with Crippen LogP contribution in [0.2, 0.25) is 0 Å². The first kappa shape index (κ1) is 15.3. The molecule has 0 saturated heterocycles. The topological polar surface area (TPSA) is 35.5 Å². The normalized spacial score (nSPS) is 10.2. The fraction of sp³-hybridized carbons (Fsp3) is 0.188. The summed E-state index contributed by atoms with van der Waals surface area (Å²) >= 11 is 5.44. The van der Waals surface area contributed by atoms with Gasteiger partial charge in [-0.25, -0.2) is 4.39 Å². The molecule has 0 aliphatic carbocycles. The molecule has 0 aliphatic rings. The Bertz CT molecular complexity index is 643. The van der Waals surface area contributed by atoms with Crippen LogP contribution in [0.15, 0.2) is 42.5 Å². The molecule has 21 heavy (non-hydrogen) atoms. The molecule has 0 aromatic heterocycles. The number of carbonyl (C=O) groups excluding carboxylic acids is 1. The van der Waals surface area contributed by atoms with Crippen molar-refractivity contribution in [3.63, 3.8) is 0 Å². The Balaban J connectivity index is 2.19. The van der Waals surface area contributed by atoms with Crippen molar-refractivity contribution in [2.75, 3.05) is 6.61 Å². The molecule has 0 spiro atoms. The molecule has 2 aromatic carbocycles. The molecule has 0 fully saturated rings. The third-order valence-electron chi connectivity index (χ3n) is 2.81. The molecule has 110 valence electrons. The summed E-state index contributed by atoms with van der Waals surface area (Å²) < 4.78 is 24.5. The van der Waals surface area contributed by atoms with Gasteiger partial charge in [0.25, 0.3) is 5.24 Å². The minimum absolute atomic E-state index is 0.0704. The van der Waals surface area contributed by atoms with E-state index in [9.17, 15) is 9.18 Å². The van der Waals surface area contributed by atoms with Crippen molar-refractivity contribution in [1.82, 2.24) is 0 Å². The number of ether oxygens (including phenoxy) is 2. The molecule has 0 atom stereocenters. The van der Waals surface area contributed by atoms with Gasteiger partial charge >= 0.3 is 0 Å². The first-order valence-electron chi connectivity index (χ1n) is 6.44. The SMILES string of the molecule is CCOc1cc(C(=O)Cl)ccc1OCc1ccccc1F. The molecule has 0 N–H and O–H groups in total. The average molecular weight is 309 g/mol. The highest BCUT2D eigenvalue weighted by Gasteiger charge is 2.11. The lowest BCUT2D eigenvalue weighted by Gasteiger charge is -2.13. The van der Waals surface area contributed by atoms with Crippen molar-refractivity contribution in [2.45, 2.75) is 13.5 Å². The fourth-order valence-electron chi connectivity index (χ4n) is 1.79. The highest BCUT2D eigenvalue weighted by atomic mass is 35.5. The van der Waals surface area contributed by atoms with Gasteiger partial charge in [-0.3, -0.25) is 4.79 Å². The Morgan fingerprint density at radius 2 is 1.90 bits per heavy atom. The summed E-state index contributed by atoms with van der Waals surface area (Å²) in [6, 6.07) is 11.0. The van der Waals surface area contributed by atoms with Crippen LogP contribution >= 0.6 is 11.6 Å². The summed E-state index contributed by atoms with van der Waals surface area (Å²) in [5.74, 6) is 0.505. The third-order valence-corrected chi connectivity index (χ3v) is 3.03. The smallest absolute Gasteiger partial charge is 0.252 e. The van der Waals surface area contributed by atoms with Crippen LogP contribution < -0.4 is 9.47 Å². The van der Waals surface area contributed by atoms with Gasteiger partial charge in [0.05, 0.1) is 6.61 Å². The molecule has 0 radical (unpaired) electrons. The average Bonchev–Trinajstić information content (AvgIpc) is 2.47. The lowest BCUT2D eigenvalue weighted by Crippen LogP contribution is -2.02. The van der Waals surface area contributed by atoms with Gasteiger partial charge in [-0.2, -0.15) is 0 Å². The summed E-state index contributed by atoms with van der Waals surface area (Å²) in [5.41, 5.74) is 0.760. The third kappa shape index (κ3) is 3.95. The van der Waals surface area contributed by atoms with Gasteiger partial charge in [0.1, 0.15) is 12.4 Å². The summed E-state index contributed by atoms with van der Waals surface area (Å²) in [5, 5.41) is -0.573. The van der Waals surface area contributed by atoms with Gasteiger partial charge in [0, 0.05) is 11.1 Å². The standard InChI is InChI=1S/C16H14ClFO3/c1-2-20-15-9-11(16(17)19)7-8-14(15)21-10-12-5-3-4-6-13(12)18/h3-9H,2,10H2,1H3. The van der Waals surface area contributed by atoms with Gasteiger partial charge in [0.2, 0.25) is 0 Å². The second kappa shape index (κ2) is 7.09. The van der Waals surface area contributed by atoms with Crippen molar-refractivity contribution in [2.24, 2.45) is 0 Å². The first-order valence-corrected chi connectivity index (χ1v) is 6.82. The predicted octanol–water partition coefficient (Wildman–Crippen LogP) is 4.18. The molecule has 0 aliphatic heterocycles. The molecule has 2 rings (SSSR count). The highest BCUT2D eigenvalue weighted by Crippen LogP contribution is 2.30. The number of halogens is 2. The Morgan fingerprint density at radius 3 is 2.57 bits per heavy atom. The Morgan fingerprint density at radius 1 is 1.14 bits per heavy atom. The predicted molar refractivity (Wildman–Crippen MR) is 78.5 cm³/mol. The molecular weight excluding hydrogens is 295 g/mol. The largest absolute Gasteiger partial charge is 0.490 e. The molecule has 0 unspecified atom stereocenters. The molecule has 0 heterocycles. The van der Waals surface area contributed by atoms with E-state index in [1.54, 1.807) is 24.3 Å². The maximum atomic E-state index is 13.5. The van der Waals surface area contributed by atoms with Crippen molar-refractivity contribution >= 4 is 16.8 Å². The molecular formula is C16H14ClFO3. The zero-order valence-corrected chi connectivity index (χ0v) is 12.2. The van der Waals surface area contributed by atoms with Crippen LogP contribution in [0, 0.1) is 5.82 Å². The zero-order chi connectivity index (χ0) is 15.2. The van der Waals surface area contributed by atoms with E-state index in [-0.39, 0.29) is 12.4 Å². The van der Waals surface area contributed by atoms with Crippen molar-refractivity contribution in [3.8, 4) is 11.5 Å². The van der Waals surface area contributed by atoms with E-state index in [4.69, 9.17) is 21.1 Å². The molecule has 2 aromatic rings. The number of hydrogen-bond donors (Lipinski definition) is 0. The van der Waals surface area contributed by atoms with E-state index in [0.717, 1.165) is 0 Å².